The average Bonchev–Trinajstić information content (AvgIpc) is 2.88. The number of amides is 2. The summed E-state index contributed by atoms with van der Waals surface area (Å²) in [5.41, 5.74) is 3.23. The van der Waals surface area contributed by atoms with Crippen molar-refractivity contribution in [2.24, 2.45) is 5.10 Å². The highest BCUT2D eigenvalue weighted by atomic mass is 19.1. The van der Waals surface area contributed by atoms with Gasteiger partial charge in [0.05, 0.1) is 32.5 Å². The van der Waals surface area contributed by atoms with Gasteiger partial charge >= 0.3 is 5.97 Å². The number of nitrogens with zero attached hydrogens (tertiary/aromatic N) is 1. The summed E-state index contributed by atoms with van der Waals surface area (Å²) in [6.07, 6.45) is 1.35. The number of carbonyl (C=O) groups excluding carboxylic acids is 3. The monoisotopic (exact) mass is 479 g/mol. The van der Waals surface area contributed by atoms with Crippen LogP contribution in [-0.4, -0.2) is 44.8 Å². The predicted molar refractivity (Wildman–Crippen MR) is 125 cm³/mol. The molecule has 0 radical (unpaired) electrons. The van der Waals surface area contributed by atoms with Crippen LogP contribution in [-0.2, 0) is 4.79 Å². The lowest BCUT2D eigenvalue weighted by atomic mass is 10.2. The lowest BCUT2D eigenvalue weighted by Crippen LogP contribution is -2.34. The minimum Gasteiger partial charge on any atom is -0.497 e. The van der Waals surface area contributed by atoms with Crippen LogP contribution in [0.1, 0.15) is 26.3 Å². The van der Waals surface area contributed by atoms with E-state index in [4.69, 9.17) is 14.2 Å². The largest absolute Gasteiger partial charge is 0.497 e. The number of nitrogens with one attached hydrogen (secondary N) is 2. The Bertz CT molecular complexity index is 1260. The molecule has 2 N–H and O–H groups in total. The molecule has 0 spiro atoms. The third-order valence-electron chi connectivity index (χ3n) is 4.59. The Hall–Kier alpha value is -4.73. The molecule has 3 rings (SSSR count). The number of esters is 1. The Morgan fingerprint density at radius 3 is 2.43 bits per heavy atom. The van der Waals surface area contributed by atoms with Crippen LogP contribution in [0.2, 0.25) is 0 Å². The maximum Gasteiger partial charge on any atom is 0.343 e. The summed E-state index contributed by atoms with van der Waals surface area (Å²) in [6, 6.07) is 16.3. The van der Waals surface area contributed by atoms with E-state index in [-0.39, 0.29) is 23.6 Å². The Labute approximate surface area is 200 Å². The van der Waals surface area contributed by atoms with Crippen LogP contribution in [0.3, 0.4) is 0 Å². The number of hydrazone groups is 1. The van der Waals surface area contributed by atoms with Crippen molar-refractivity contribution in [1.82, 2.24) is 10.7 Å². The van der Waals surface area contributed by atoms with Crippen molar-refractivity contribution in [2.45, 2.75) is 0 Å². The van der Waals surface area contributed by atoms with Crippen molar-refractivity contribution < 1.29 is 33.0 Å². The Morgan fingerprint density at radius 2 is 1.69 bits per heavy atom. The van der Waals surface area contributed by atoms with Crippen LogP contribution < -0.4 is 25.0 Å². The molecule has 3 aromatic carbocycles. The molecule has 0 aromatic heterocycles. The van der Waals surface area contributed by atoms with E-state index in [2.05, 4.69) is 15.8 Å². The Kier molecular flexibility index (Phi) is 8.49. The van der Waals surface area contributed by atoms with Crippen molar-refractivity contribution in [3.8, 4) is 17.2 Å². The first-order chi connectivity index (χ1) is 16.9. The van der Waals surface area contributed by atoms with Gasteiger partial charge in [-0.05, 0) is 60.2 Å². The van der Waals surface area contributed by atoms with E-state index in [1.54, 1.807) is 36.4 Å². The molecule has 9 nitrogen and oxygen atoms in total. The number of hydrogen-bond acceptors (Lipinski definition) is 7. The van der Waals surface area contributed by atoms with Crippen molar-refractivity contribution >= 4 is 24.0 Å². The molecular weight excluding hydrogens is 457 g/mol. The van der Waals surface area contributed by atoms with E-state index in [0.29, 0.717) is 16.9 Å². The van der Waals surface area contributed by atoms with Crippen LogP contribution in [0.4, 0.5) is 4.39 Å². The van der Waals surface area contributed by atoms with Gasteiger partial charge in [0.25, 0.3) is 11.8 Å². The summed E-state index contributed by atoms with van der Waals surface area (Å²) in [5.74, 6) is -1.32. The number of ether oxygens (including phenoxy) is 3. The molecule has 0 aliphatic heterocycles. The highest BCUT2D eigenvalue weighted by Crippen LogP contribution is 2.28. The second kappa shape index (κ2) is 11.9. The maximum absolute atomic E-state index is 13.2. The lowest BCUT2D eigenvalue weighted by Gasteiger charge is -2.10. The average molecular weight is 479 g/mol. The van der Waals surface area contributed by atoms with Gasteiger partial charge in [0, 0.05) is 5.56 Å². The molecule has 0 heterocycles. The number of rotatable bonds is 9. The highest BCUT2D eigenvalue weighted by molar-refractivity contribution is 5.96. The van der Waals surface area contributed by atoms with Gasteiger partial charge in [0.2, 0.25) is 0 Å². The smallest absolute Gasteiger partial charge is 0.343 e. The topological polar surface area (TPSA) is 115 Å². The molecule has 10 heteroatoms. The van der Waals surface area contributed by atoms with Gasteiger partial charge in [-0.2, -0.15) is 5.10 Å². The normalized spacial score (nSPS) is 10.5. The van der Waals surface area contributed by atoms with Crippen LogP contribution in [0.15, 0.2) is 71.8 Å². The molecule has 0 atom stereocenters. The standard InChI is InChI=1S/C25H22FN3O6/c1-33-20-8-4-6-18(13-20)25(32)35-21-10-9-16(11-22(21)34-2)14-28-29-23(30)15-27-24(31)17-5-3-7-19(26)12-17/h3-14H,15H2,1-2H3,(H,27,31)(H,29,30)/b28-14+. The quantitative estimate of drug-likeness (QED) is 0.211. The summed E-state index contributed by atoms with van der Waals surface area (Å²) in [7, 11) is 2.92. The van der Waals surface area contributed by atoms with Crippen LogP contribution in [0, 0.1) is 5.82 Å². The summed E-state index contributed by atoms with van der Waals surface area (Å²) >= 11 is 0. The third-order valence-corrected chi connectivity index (χ3v) is 4.59. The fourth-order valence-electron chi connectivity index (χ4n) is 2.87. The first-order valence-electron chi connectivity index (χ1n) is 10.3. The fourth-order valence-corrected chi connectivity index (χ4v) is 2.87. The molecule has 35 heavy (non-hydrogen) atoms. The van der Waals surface area contributed by atoms with Crippen LogP contribution >= 0.6 is 0 Å². The zero-order valence-corrected chi connectivity index (χ0v) is 18.9. The van der Waals surface area contributed by atoms with E-state index >= 15 is 0 Å². The van der Waals surface area contributed by atoms with Gasteiger partial charge < -0.3 is 19.5 Å². The van der Waals surface area contributed by atoms with E-state index in [1.165, 1.54) is 44.7 Å². The molecule has 0 aliphatic rings. The Morgan fingerprint density at radius 1 is 0.914 bits per heavy atom. The van der Waals surface area contributed by atoms with Crippen molar-refractivity contribution in [3.05, 3.63) is 89.2 Å². The van der Waals surface area contributed by atoms with Crippen LogP contribution in [0.5, 0.6) is 17.2 Å². The van der Waals surface area contributed by atoms with E-state index in [1.807, 2.05) is 0 Å². The predicted octanol–water partition coefficient (Wildman–Crippen LogP) is 2.94. The van der Waals surface area contributed by atoms with E-state index in [9.17, 15) is 18.8 Å². The second-order valence-corrected chi connectivity index (χ2v) is 7.02. The molecule has 0 bridgehead atoms. The van der Waals surface area contributed by atoms with E-state index in [0.717, 1.165) is 6.07 Å². The van der Waals surface area contributed by atoms with Crippen molar-refractivity contribution in [1.29, 1.82) is 0 Å². The maximum atomic E-state index is 13.2. The highest BCUT2D eigenvalue weighted by Gasteiger charge is 2.14. The second-order valence-electron chi connectivity index (χ2n) is 7.02. The first-order valence-corrected chi connectivity index (χ1v) is 10.3. The molecule has 0 saturated carbocycles. The molecule has 2 amide bonds. The van der Waals surface area contributed by atoms with Gasteiger partial charge in [-0.3, -0.25) is 9.59 Å². The van der Waals surface area contributed by atoms with E-state index < -0.39 is 23.6 Å². The molecule has 0 fully saturated rings. The van der Waals surface area contributed by atoms with Gasteiger partial charge in [0.1, 0.15) is 11.6 Å². The molecule has 0 saturated heterocycles. The number of hydrogen-bond donors (Lipinski definition) is 2. The molecule has 0 aliphatic carbocycles. The zero-order valence-electron chi connectivity index (χ0n) is 18.9. The SMILES string of the molecule is COc1cccc(C(=O)Oc2ccc(/C=N/NC(=O)CNC(=O)c3cccc(F)c3)cc2OC)c1. The fraction of sp³-hybridized carbons (Fsp3) is 0.120. The number of carbonyl (C=O) groups is 3. The minimum absolute atomic E-state index is 0.0978. The third kappa shape index (κ3) is 7.13. The van der Waals surface area contributed by atoms with Gasteiger partial charge in [-0.25, -0.2) is 14.6 Å². The summed E-state index contributed by atoms with van der Waals surface area (Å²) in [6.45, 7) is -0.352. The van der Waals surface area contributed by atoms with Crippen LogP contribution in [0.25, 0.3) is 0 Å². The summed E-state index contributed by atoms with van der Waals surface area (Å²) < 4.78 is 29.0. The minimum atomic E-state index is -0.590. The van der Waals surface area contributed by atoms with Crippen molar-refractivity contribution in [3.63, 3.8) is 0 Å². The molecule has 3 aromatic rings. The van der Waals surface area contributed by atoms with Gasteiger partial charge in [-0.1, -0.05) is 12.1 Å². The number of halogens is 1. The number of benzene rings is 3. The zero-order chi connectivity index (χ0) is 25.2. The molecule has 0 unspecified atom stereocenters. The summed E-state index contributed by atoms with van der Waals surface area (Å²) in [4.78, 5) is 36.3. The number of methoxy groups -OCH3 is 2. The van der Waals surface area contributed by atoms with Gasteiger partial charge in [0.15, 0.2) is 11.5 Å². The summed E-state index contributed by atoms with van der Waals surface area (Å²) in [5, 5.41) is 6.20. The lowest BCUT2D eigenvalue weighted by molar-refractivity contribution is -0.120. The molecular formula is C25H22FN3O6. The van der Waals surface area contributed by atoms with Crippen molar-refractivity contribution in [2.75, 3.05) is 20.8 Å². The van der Waals surface area contributed by atoms with Gasteiger partial charge in [-0.15, -0.1) is 0 Å². The Balaban J connectivity index is 1.55. The first kappa shape index (κ1) is 24.9. The molecule has 180 valence electrons.